The molecule has 22 heavy (non-hydrogen) atoms. The molecule has 0 radical (unpaired) electrons. The summed E-state index contributed by atoms with van der Waals surface area (Å²) in [5, 5.41) is 4.64. The number of aromatic nitrogens is 2. The van der Waals surface area contributed by atoms with E-state index in [9.17, 15) is 19.2 Å². The molecule has 0 aliphatic rings. The van der Waals surface area contributed by atoms with E-state index in [2.05, 4.69) is 15.6 Å². The Kier molecular flexibility index (Phi) is 4.52. The molecule has 8 nitrogen and oxygen atoms in total. The Balaban J connectivity index is 2.02. The van der Waals surface area contributed by atoms with Crippen LogP contribution in [-0.4, -0.2) is 21.8 Å². The van der Waals surface area contributed by atoms with E-state index < -0.39 is 23.1 Å². The molecule has 2 amide bonds. The van der Waals surface area contributed by atoms with Crippen molar-refractivity contribution in [1.82, 2.24) is 15.3 Å². The third-order valence-corrected chi connectivity index (χ3v) is 2.92. The highest BCUT2D eigenvalue weighted by atomic mass is 16.2. The molecule has 114 valence electrons. The predicted molar refractivity (Wildman–Crippen MR) is 79.3 cm³/mol. The van der Waals surface area contributed by atoms with Crippen molar-refractivity contribution in [1.29, 1.82) is 0 Å². The summed E-state index contributed by atoms with van der Waals surface area (Å²) in [6, 6.07) is 8.74. The number of hydrogen-bond acceptors (Lipinski definition) is 4. The van der Waals surface area contributed by atoms with Crippen molar-refractivity contribution < 1.29 is 9.59 Å². The van der Waals surface area contributed by atoms with E-state index in [1.807, 2.05) is 35.3 Å². The second kappa shape index (κ2) is 6.53. The van der Waals surface area contributed by atoms with Gasteiger partial charge in [0.1, 0.15) is 5.69 Å². The Morgan fingerprint density at radius 1 is 1.09 bits per heavy atom. The minimum absolute atomic E-state index is 0.216. The molecule has 0 aliphatic heterocycles. The Labute approximate surface area is 124 Å². The summed E-state index contributed by atoms with van der Waals surface area (Å²) in [6.45, 7) is 1.73. The molecule has 1 aromatic carbocycles. The summed E-state index contributed by atoms with van der Waals surface area (Å²) >= 11 is 0. The van der Waals surface area contributed by atoms with Crippen LogP contribution in [0.25, 0.3) is 0 Å². The lowest BCUT2D eigenvalue weighted by Gasteiger charge is -2.13. The lowest BCUT2D eigenvalue weighted by Crippen LogP contribution is -2.38. The molecule has 1 heterocycles. The van der Waals surface area contributed by atoms with Gasteiger partial charge in [0.05, 0.1) is 6.04 Å². The smallest absolute Gasteiger partial charge is 0.325 e. The number of aromatic amines is 2. The number of carbonyl (C=O) groups excluding carboxylic acids is 2. The molecule has 8 heteroatoms. The maximum atomic E-state index is 11.8. The van der Waals surface area contributed by atoms with Crippen LogP contribution in [0.3, 0.4) is 0 Å². The van der Waals surface area contributed by atoms with Gasteiger partial charge in [-0.2, -0.15) is 0 Å². The summed E-state index contributed by atoms with van der Waals surface area (Å²) < 4.78 is 0. The van der Waals surface area contributed by atoms with Gasteiger partial charge in [-0.05, 0) is 12.5 Å². The van der Waals surface area contributed by atoms with Gasteiger partial charge in [-0.15, -0.1) is 0 Å². The molecule has 0 saturated carbocycles. The van der Waals surface area contributed by atoms with Crippen LogP contribution < -0.4 is 21.9 Å². The molecule has 0 aliphatic carbocycles. The molecule has 0 unspecified atom stereocenters. The van der Waals surface area contributed by atoms with Crippen molar-refractivity contribution in [3.05, 3.63) is 62.9 Å². The van der Waals surface area contributed by atoms with Gasteiger partial charge in [0.25, 0.3) is 5.56 Å². The summed E-state index contributed by atoms with van der Waals surface area (Å²) in [6.07, 6.45) is 1.02. The maximum Gasteiger partial charge on any atom is 0.325 e. The minimum Gasteiger partial charge on any atom is -0.341 e. The van der Waals surface area contributed by atoms with Gasteiger partial charge in [-0.25, -0.2) is 4.79 Å². The molecule has 0 bridgehead atoms. The standard InChI is InChI=1S/C14H14N4O4/c1-8(9-5-3-2-4-6-9)16-12(20)13(21)17-10-7-15-14(22)18-11(10)19/h2-8H,1H3,(H,16,20)(H,17,21)(H2,15,18,19,22)/t8-/m0/s1. The molecule has 2 rings (SSSR count). The summed E-state index contributed by atoms with van der Waals surface area (Å²) in [5.74, 6) is -1.89. The highest BCUT2D eigenvalue weighted by Crippen LogP contribution is 2.10. The summed E-state index contributed by atoms with van der Waals surface area (Å²) in [7, 11) is 0. The molecule has 0 fully saturated rings. The van der Waals surface area contributed by atoms with Gasteiger partial charge in [0.15, 0.2) is 0 Å². The number of nitrogens with one attached hydrogen (secondary N) is 4. The molecule has 0 spiro atoms. The van der Waals surface area contributed by atoms with Crippen molar-refractivity contribution in [2.45, 2.75) is 13.0 Å². The van der Waals surface area contributed by atoms with Gasteiger partial charge in [0.2, 0.25) is 0 Å². The molecular weight excluding hydrogens is 288 g/mol. The third-order valence-electron chi connectivity index (χ3n) is 2.92. The van der Waals surface area contributed by atoms with Crippen LogP contribution in [0.15, 0.2) is 46.1 Å². The topological polar surface area (TPSA) is 124 Å². The molecular formula is C14H14N4O4. The van der Waals surface area contributed by atoms with Gasteiger partial charge < -0.3 is 15.6 Å². The highest BCUT2D eigenvalue weighted by molar-refractivity contribution is 6.39. The predicted octanol–water partition coefficient (Wildman–Crippen LogP) is -0.121. The fourth-order valence-corrected chi connectivity index (χ4v) is 1.77. The first-order chi connectivity index (χ1) is 10.5. The Hall–Kier alpha value is -3.16. The van der Waals surface area contributed by atoms with Gasteiger partial charge in [-0.3, -0.25) is 19.4 Å². The van der Waals surface area contributed by atoms with E-state index in [-0.39, 0.29) is 11.7 Å². The molecule has 1 aromatic heterocycles. The van der Waals surface area contributed by atoms with Crippen molar-refractivity contribution in [2.24, 2.45) is 0 Å². The number of H-pyrrole nitrogens is 2. The largest absolute Gasteiger partial charge is 0.341 e. The lowest BCUT2D eigenvalue weighted by atomic mass is 10.1. The maximum absolute atomic E-state index is 11.8. The third kappa shape index (κ3) is 3.69. The van der Waals surface area contributed by atoms with Crippen LogP contribution in [-0.2, 0) is 9.59 Å². The minimum atomic E-state index is -1.000. The lowest BCUT2D eigenvalue weighted by molar-refractivity contribution is -0.136. The monoisotopic (exact) mass is 302 g/mol. The van der Waals surface area contributed by atoms with Crippen LogP contribution in [0, 0.1) is 0 Å². The van der Waals surface area contributed by atoms with Gasteiger partial charge in [-0.1, -0.05) is 30.3 Å². The van der Waals surface area contributed by atoms with Crippen LogP contribution in [0.5, 0.6) is 0 Å². The average Bonchev–Trinajstić information content (AvgIpc) is 2.50. The van der Waals surface area contributed by atoms with Crippen LogP contribution in [0.1, 0.15) is 18.5 Å². The van der Waals surface area contributed by atoms with E-state index >= 15 is 0 Å². The quantitative estimate of drug-likeness (QED) is 0.590. The zero-order valence-electron chi connectivity index (χ0n) is 11.7. The van der Waals surface area contributed by atoms with E-state index in [4.69, 9.17) is 0 Å². The van der Waals surface area contributed by atoms with Crippen LogP contribution in [0.4, 0.5) is 5.69 Å². The van der Waals surface area contributed by atoms with E-state index in [0.29, 0.717) is 0 Å². The fraction of sp³-hybridized carbons (Fsp3) is 0.143. The number of benzene rings is 1. The second-order valence-corrected chi connectivity index (χ2v) is 4.55. The number of hydrogen-bond donors (Lipinski definition) is 4. The van der Waals surface area contributed by atoms with E-state index in [1.165, 1.54) is 0 Å². The summed E-state index contributed by atoms with van der Waals surface area (Å²) in [5.41, 5.74) is -0.871. The zero-order chi connectivity index (χ0) is 16.1. The first-order valence-corrected chi connectivity index (χ1v) is 6.46. The second-order valence-electron chi connectivity index (χ2n) is 4.55. The van der Waals surface area contributed by atoms with Gasteiger partial charge in [0, 0.05) is 6.20 Å². The number of carbonyl (C=O) groups is 2. The number of amides is 2. The normalized spacial score (nSPS) is 11.5. The van der Waals surface area contributed by atoms with Crippen molar-refractivity contribution in [2.75, 3.05) is 5.32 Å². The Bertz CT molecular complexity index is 794. The SMILES string of the molecule is C[C@H](NC(=O)C(=O)Nc1c[nH]c(=O)[nH]c1=O)c1ccccc1. The number of rotatable bonds is 3. The van der Waals surface area contributed by atoms with Crippen molar-refractivity contribution in [3.63, 3.8) is 0 Å². The zero-order valence-corrected chi connectivity index (χ0v) is 11.7. The molecule has 2 aromatic rings. The first-order valence-electron chi connectivity index (χ1n) is 6.46. The average molecular weight is 302 g/mol. The highest BCUT2D eigenvalue weighted by Gasteiger charge is 2.18. The molecule has 1 atom stereocenters. The van der Waals surface area contributed by atoms with E-state index in [0.717, 1.165) is 11.8 Å². The van der Waals surface area contributed by atoms with Crippen molar-refractivity contribution in [3.8, 4) is 0 Å². The van der Waals surface area contributed by atoms with E-state index in [1.54, 1.807) is 6.92 Å². The van der Waals surface area contributed by atoms with Crippen molar-refractivity contribution >= 4 is 17.5 Å². The molecule has 4 N–H and O–H groups in total. The first kappa shape index (κ1) is 15.2. The van der Waals surface area contributed by atoms with Gasteiger partial charge >= 0.3 is 17.5 Å². The van der Waals surface area contributed by atoms with Crippen LogP contribution >= 0.6 is 0 Å². The van der Waals surface area contributed by atoms with Crippen LogP contribution in [0.2, 0.25) is 0 Å². The number of anilines is 1. The molecule has 0 saturated heterocycles. The Morgan fingerprint density at radius 3 is 2.41 bits per heavy atom. The Morgan fingerprint density at radius 2 is 1.77 bits per heavy atom. The fourth-order valence-electron chi connectivity index (χ4n) is 1.77. The summed E-state index contributed by atoms with van der Waals surface area (Å²) in [4.78, 5) is 50.0.